The second-order valence-corrected chi connectivity index (χ2v) is 6.84. The third-order valence-electron chi connectivity index (χ3n) is 4.98. The number of hydrogen-bond donors (Lipinski definition) is 2. The Bertz CT molecular complexity index is 1300. The highest BCUT2D eigenvalue weighted by molar-refractivity contribution is 6.00. The lowest BCUT2D eigenvalue weighted by molar-refractivity contribution is 0.0950. The molecular weight excluding hydrogens is 408 g/mol. The number of amides is 1. The molecule has 0 spiro atoms. The first kappa shape index (κ1) is 20.9. The summed E-state index contributed by atoms with van der Waals surface area (Å²) in [7, 11) is 4.73. The van der Waals surface area contributed by atoms with Gasteiger partial charge in [0.05, 0.1) is 38.8 Å². The standard InChI is InChI=1S/C24H22N4O4/c1-30-20-10-8-15(12-22(20)32-3)14-25-28-24(29)19-13-18(26-27-19)23-17-7-5-4-6-16(17)9-11-21(23)31-2/h4-14H,1-3H3,(H,26,27)(H,28,29)/b25-14+. The van der Waals surface area contributed by atoms with Gasteiger partial charge in [-0.15, -0.1) is 0 Å². The summed E-state index contributed by atoms with van der Waals surface area (Å²) in [5.41, 5.74) is 4.94. The van der Waals surface area contributed by atoms with E-state index in [2.05, 4.69) is 20.7 Å². The number of rotatable bonds is 7. The van der Waals surface area contributed by atoms with Gasteiger partial charge in [0.1, 0.15) is 11.4 Å². The lowest BCUT2D eigenvalue weighted by atomic mass is 10.0. The zero-order chi connectivity index (χ0) is 22.5. The lowest BCUT2D eigenvalue weighted by Gasteiger charge is -2.09. The minimum Gasteiger partial charge on any atom is -0.496 e. The van der Waals surface area contributed by atoms with Gasteiger partial charge in [-0.3, -0.25) is 9.89 Å². The zero-order valence-corrected chi connectivity index (χ0v) is 17.9. The molecule has 0 aliphatic heterocycles. The molecule has 3 aromatic carbocycles. The van der Waals surface area contributed by atoms with Gasteiger partial charge in [-0.25, -0.2) is 5.43 Å². The Morgan fingerprint density at radius 3 is 2.47 bits per heavy atom. The van der Waals surface area contributed by atoms with Crippen molar-refractivity contribution in [2.75, 3.05) is 21.3 Å². The normalized spacial score (nSPS) is 11.0. The van der Waals surface area contributed by atoms with Crippen LogP contribution in [0.1, 0.15) is 16.1 Å². The van der Waals surface area contributed by atoms with Gasteiger partial charge >= 0.3 is 0 Å². The van der Waals surface area contributed by atoms with Crippen LogP contribution in [0.25, 0.3) is 22.0 Å². The van der Waals surface area contributed by atoms with Crippen molar-refractivity contribution in [3.63, 3.8) is 0 Å². The van der Waals surface area contributed by atoms with Crippen LogP contribution < -0.4 is 19.6 Å². The number of carbonyl (C=O) groups excluding carboxylic acids is 1. The number of nitrogens with zero attached hydrogens (tertiary/aromatic N) is 2. The molecule has 2 N–H and O–H groups in total. The number of hydrogen-bond acceptors (Lipinski definition) is 6. The summed E-state index contributed by atoms with van der Waals surface area (Å²) < 4.78 is 16.0. The van der Waals surface area contributed by atoms with E-state index in [-0.39, 0.29) is 5.69 Å². The summed E-state index contributed by atoms with van der Waals surface area (Å²) in [6.45, 7) is 0. The molecular formula is C24H22N4O4. The van der Waals surface area contributed by atoms with Crippen LogP contribution in [-0.2, 0) is 0 Å². The molecule has 0 aliphatic carbocycles. The van der Waals surface area contributed by atoms with Crippen molar-refractivity contribution in [3.8, 4) is 28.5 Å². The van der Waals surface area contributed by atoms with Gasteiger partial charge in [-0.1, -0.05) is 30.3 Å². The molecule has 0 saturated carbocycles. The van der Waals surface area contributed by atoms with Gasteiger partial charge in [-0.05, 0) is 46.7 Å². The molecule has 0 aliphatic rings. The molecule has 0 unspecified atom stereocenters. The van der Waals surface area contributed by atoms with Crippen molar-refractivity contribution in [2.24, 2.45) is 5.10 Å². The van der Waals surface area contributed by atoms with Crippen molar-refractivity contribution < 1.29 is 19.0 Å². The van der Waals surface area contributed by atoms with E-state index in [1.807, 2.05) is 36.4 Å². The molecule has 4 aromatic rings. The molecule has 0 fully saturated rings. The summed E-state index contributed by atoms with van der Waals surface area (Å²) in [6.07, 6.45) is 1.52. The SMILES string of the molecule is COc1ccc(/C=N/NC(=O)c2cc(-c3c(OC)ccc4ccccc34)n[nH]2)cc1OC. The number of carbonyl (C=O) groups is 1. The predicted molar refractivity (Wildman–Crippen MR) is 123 cm³/mol. The number of H-pyrrole nitrogens is 1. The summed E-state index contributed by atoms with van der Waals surface area (Å²) in [5, 5.41) is 13.2. The minimum atomic E-state index is -0.417. The van der Waals surface area contributed by atoms with Gasteiger partial charge in [0, 0.05) is 0 Å². The predicted octanol–water partition coefficient (Wildman–Crippen LogP) is 4.02. The van der Waals surface area contributed by atoms with Crippen LogP contribution in [0.5, 0.6) is 17.2 Å². The summed E-state index contributed by atoms with van der Waals surface area (Å²) in [5.74, 6) is 1.45. The number of ether oxygens (including phenoxy) is 3. The van der Waals surface area contributed by atoms with E-state index in [9.17, 15) is 4.79 Å². The number of benzene rings is 3. The minimum absolute atomic E-state index is 0.277. The highest BCUT2D eigenvalue weighted by Gasteiger charge is 2.16. The number of aromatic amines is 1. The highest BCUT2D eigenvalue weighted by Crippen LogP contribution is 2.36. The monoisotopic (exact) mass is 430 g/mol. The van der Waals surface area contributed by atoms with Crippen LogP contribution in [0.3, 0.4) is 0 Å². The van der Waals surface area contributed by atoms with E-state index in [0.717, 1.165) is 21.9 Å². The topological polar surface area (TPSA) is 97.8 Å². The van der Waals surface area contributed by atoms with Crippen molar-refractivity contribution in [3.05, 3.63) is 71.9 Å². The van der Waals surface area contributed by atoms with E-state index < -0.39 is 5.91 Å². The Morgan fingerprint density at radius 2 is 1.69 bits per heavy atom. The molecule has 8 nitrogen and oxygen atoms in total. The van der Waals surface area contributed by atoms with E-state index in [1.54, 1.807) is 45.6 Å². The Morgan fingerprint density at radius 1 is 0.938 bits per heavy atom. The van der Waals surface area contributed by atoms with Gasteiger partial charge < -0.3 is 14.2 Å². The molecule has 162 valence electrons. The van der Waals surface area contributed by atoms with Crippen molar-refractivity contribution in [1.82, 2.24) is 15.6 Å². The maximum atomic E-state index is 12.5. The molecule has 0 saturated heterocycles. The average molecular weight is 430 g/mol. The molecule has 32 heavy (non-hydrogen) atoms. The van der Waals surface area contributed by atoms with E-state index in [1.165, 1.54) is 6.21 Å². The maximum absolute atomic E-state index is 12.5. The van der Waals surface area contributed by atoms with Crippen molar-refractivity contribution in [1.29, 1.82) is 0 Å². The molecule has 1 amide bonds. The maximum Gasteiger partial charge on any atom is 0.289 e. The fourth-order valence-electron chi connectivity index (χ4n) is 3.41. The number of nitrogens with one attached hydrogen (secondary N) is 2. The van der Waals surface area contributed by atoms with Gasteiger partial charge in [0.25, 0.3) is 5.91 Å². The van der Waals surface area contributed by atoms with Gasteiger partial charge in [-0.2, -0.15) is 10.2 Å². The lowest BCUT2D eigenvalue weighted by Crippen LogP contribution is -2.18. The third kappa shape index (κ3) is 4.11. The molecule has 0 atom stereocenters. The Labute approximate surface area is 184 Å². The van der Waals surface area contributed by atoms with Crippen LogP contribution >= 0.6 is 0 Å². The molecule has 1 heterocycles. The van der Waals surface area contributed by atoms with Crippen LogP contribution in [0, 0.1) is 0 Å². The van der Waals surface area contributed by atoms with Crippen molar-refractivity contribution in [2.45, 2.75) is 0 Å². The summed E-state index contributed by atoms with van der Waals surface area (Å²) in [4.78, 5) is 12.5. The first-order valence-corrected chi connectivity index (χ1v) is 9.81. The summed E-state index contributed by atoms with van der Waals surface area (Å²) in [6, 6.07) is 18.8. The van der Waals surface area contributed by atoms with Crippen LogP contribution in [0.2, 0.25) is 0 Å². The van der Waals surface area contributed by atoms with Gasteiger partial charge in [0.15, 0.2) is 11.5 Å². The second-order valence-electron chi connectivity index (χ2n) is 6.84. The molecule has 0 radical (unpaired) electrons. The van der Waals surface area contributed by atoms with Crippen molar-refractivity contribution >= 4 is 22.9 Å². The molecule has 1 aromatic heterocycles. The number of aromatic nitrogens is 2. The summed E-state index contributed by atoms with van der Waals surface area (Å²) >= 11 is 0. The first-order valence-electron chi connectivity index (χ1n) is 9.81. The van der Waals surface area contributed by atoms with Crippen LogP contribution in [0.15, 0.2) is 65.8 Å². The molecule has 0 bridgehead atoms. The smallest absolute Gasteiger partial charge is 0.289 e. The largest absolute Gasteiger partial charge is 0.496 e. The van der Waals surface area contributed by atoms with E-state index >= 15 is 0 Å². The van der Waals surface area contributed by atoms with Crippen LogP contribution in [-0.4, -0.2) is 43.6 Å². The van der Waals surface area contributed by atoms with E-state index in [0.29, 0.717) is 22.9 Å². The third-order valence-corrected chi connectivity index (χ3v) is 4.98. The second kappa shape index (κ2) is 9.22. The first-order chi connectivity index (χ1) is 15.6. The Balaban J connectivity index is 1.54. The number of fused-ring (bicyclic) bond motifs is 1. The highest BCUT2D eigenvalue weighted by atomic mass is 16.5. The fraction of sp³-hybridized carbons (Fsp3) is 0.125. The molecule has 8 heteroatoms. The van der Waals surface area contributed by atoms with E-state index in [4.69, 9.17) is 14.2 Å². The Kier molecular flexibility index (Phi) is 6.03. The average Bonchev–Trinajstić information content (AvgIpc) is 3.33. The number of methoxy groups -OCH3 is 3. The quantitative estimate of drug-likeness (QED) is 0.341. The zero-order valence-electron chi connectivity index (χ0n) is 17.9. The van der Waals surface area contributed by atoms with Gasteiger partial charge in [0.2, 0.25) is 0 Å². The van der Waals surface area contributed by atoms with Crippen LogP contribution in [0.4, 0.5) is 0 Å². The fourth-order valence-corrected chi connectivity index (χ4v) is 3.41. The number of hydrazone groups is 1. The Hall–Kier alpha value is -4.33. The molecule has 4 rings (SSSR count).